The maximum atomic E-state index is 12.2. The highest BCUT2D eigenvalue weighted by Gasteiger charge is 2.26. The fourth-order valence-electron chi connectivity index (χ4n) is 2.91. The molecule has 3 aromatic carbocycles. The van der Waals surface area contributed by atoms with E-state index < -0.39 is 10.9 Å². The minimum absolute atomic E-state index is 0.0173. The van der Waals surface area contributed by atoms with Crippen LogP contribution in [0.5, 0.6) is 5.75 Å². The smallest absolute Gasteiger partial charge is 0.363 e. The summed E-state index contributed by atoms with van der Waals surface area (Å²) in [5, 5.41) is 11.7. The molecule has 0 radical (unpaired) electrons. The van der Waals surface area contributed by atoms with Crippen LogP contribution in [0.15, 0.2) is 77.4 Å². The predicted molar refractivity (Wildman–Crippen MR) is 121 cm³/mol. The number of ether oxygens (including phenoxy) is 2. The quantitative estimate of drug-likeness (QED) is 0.196. The summed E-state index contributed by atoms with van der Waals surface area (Å²) in [5.41, 5.74) is 1.63. The van der Waals surface area contributed by atoms with Crippen molar-refractivity contribution in [2.24, 2.45) is 4.99 Å². The third-order valence-corrected chi connectivity index (χ3v) is 5.23. The Bertz CT molecular complexity index is 1270. The zero-order valence-corrected chi connectivity index (χ0v) is 17.8. The number of halogens is 2. The van der Waals surface area contributed by atoms with Crippen molar-refractivity contribution in [2.75, 3.05) is 0 Å². The Balaban J connectivity index is 1.49. The lowest BCUT2D eigenvalue weighted by atomic mass is 10.2. The van der Waals surface area contributed by atoms with Crippen molar-refractivity contribution in [2.45, 2.75) is 6.61 Å². The number of benzene rings is 3. The zero-order valence-electron chi connectivity index (χ0n) is 16.3. The number of nitrogens with zero attached hydrogens (tertiary/aromatic N) is 2. The van der Waals surface area contributed by atoms with Crippen LogP contribution in [0, 0.1) is 10.1 Å². The highest BCUT2D eigenvalue weighted by molar-refractivity contribution is 6.33. The largest absolute Gasteiger partial charge is 0.489 e. The lowest BCUT2D eigenvalue weighted by molar-refractivity contribution is -0.384. The Hall–Kier alpha value is -3.68. The highest BCUT2D eigenvalue weighted by Crippen LogP contribution is 2.28. The summed E-state index contributed by atoms with van der Waals surface area (Å²) < 4.78 is 10.9. The van der Waals surface area contributed by atoms with Crippen molar-refractivity contribution in [3.63, 3.8) is 0 Å². The van der Waals surface area contributed by atoms with E-state index in [-0.39, 0.29) is 27.9 Å². The lowest BCUT2D eigenvalue weighted by Gasteiger charge is -2.07. The van der Waals surface area contributed by atoms with E-state index in [4.69, 9.17) is 32.7 Å². The number of aliphatic imine (C=N–C) groups is 1. The molecule has 4 rings (SSSR count). The molecule has 0 atom stereocenters. The molecule has 0 bridgehead atoms. The van der Waals surface area contributed by atoms with Gasteiger partial charge in [-0.2, -0.15) is 0 Å². The molecule has 1 heterocycles. The zero-order chi connectivity index (χ0) is 22.7. The van der Waals surface area contributed by atoms with Crippen LogP contribution in [0.25, 0.3) is 6.08 Å². The Labute approximate surface area is 192 Å². The van der Waals surface area contributed by atoms with E-state index in [0.717, 1.165) is 5.56 Å². The monoisotopic (exact) mass is 468 g/mol. The Kier molecular flexibility index (Phi) is 6.20. The van der Waals surface area contributed by atoms with E-state index in [0.29, 0.717) is 22.9 Å². The summed E-state index contributed by atoms with van der Waals surface area (Å²) in [6.07, 6.45) is 1.55. The number of nitro benzene ring substituents is 1. The van der Waals surface area contributed by atoms with Crippen molar-refractivity contribution in [1.82, 2.24) is 0 Å². The molecule has 3 aromatic rings. The van der Waals surface area contributed by atoms with Gasteiger partial charge in [-0.05, 0) is 42.0 Å². The molecule has 1 aliphatic heterocycles. The van der Waals surface area contributed by atoms with Crippen LogP contribution in [0.2, 0.25) is 10.0 Å². The van der Waals surface area contributed by atoms with Gasteiger partial charge in [-0.1, -0.05) is 53.5 Å². The normalized spacial score (nSPS) is 14.2. The molecule has 0 aliphatic carbocycles. The fraction of sp³-hybridized carbons (Fsp3) is 0.0435. The third kappa shape index (κ3) is 4.80. The molecule has 1 aliphatic rings. The summed E-state index contributed by atoms with van der Waals surface area (Å²) in [6.45, 7) is 0.327. The summed E-state index contributed by atoms with van der Waals surface area (Å²) in [4.78, 5) is 26.8. The molecule has 0 N–H and O–H groups in total. The van der Waals surface area contributed by atoms with Gasteiger partial charge in [0.1, 0.15) is 17.4 Å². The molecule has 0 aromatic heterocycles. The number of hydrogen-bond donors (Lipinski definition) is 0. The first-order valence-corrected chi connectivity index (χ1v) is 10.1. The summed E-state index contributed by atoms with van der Waals surface area (Å²) in [5.74, 6) is -0.0453. The van der Waals surface area contributed by atoms with Crippen molar-refractivity contribution >= 4 is 46.8 Å². The second-order valence-electron chi connectivity index (χ2n) is 6.71. The first-order valence-electron chi connectivity index (χ1n) is 9.34. The van der Waals surface area contributed by atoms with Crippen LogP contribution in [0.3, 0.4) is 0 Å². The van der Waals surface area contributed by atoms with Crippen LogP contribution < -0.4 is 4.74 Å². The summed E-state index contributed by atoms with van der Waals surface area (Å²) in [6, 6.07) is 18.5. The number of cyclic esters (lactones) is 1. The van der Waals surface area contributed by atoms with Crippen LogP contribution >= 0.6 is 23.2 Å². The Morgan fingerprint density at radius 1 is 1.03 bits per heavy atom. The minimum Gasteiger partial charge on any atom is -0.489 e. The molecular weight excluding hydrogens is 455 g/mol. The maximum Gasteiger partial charge on any atom is 0.363 e. The Morgan fingerprint density at radius 3 is 2.50 bits per heavy atom. The first kappa shape index (κ1) is 21.5. The van der Waals surface area contributed by atoms with Crippen molar-refractivity contribution < 1.29 is 19.2 Å². The average molecular weight is 469 g/mol. The van der Waals surface area contributed by atoms with Gasteiger partial charge < -0.3 is 9.47 Å². The molecule has 9 heteroatoms. The van der Waals surface area contributed by atoms with Gasteiger partial charge in [0.15, 0.2) is 5.70 Å². The fourth-order valence-corrected chi connectivity index (χ4v) is 3.29. The van der Waals surface area contributed by atoms with Crippen LogP contribution in [-0.4, -0.2) is 16.8 Å². The van der Waals surface area contributed by atoms with Gasteiger partial charge in [-0.25, -0.2) is 9.79 Å². The average Bonchev–Trinajstić information content (AvgIpc) is 3.14. The lowest BCUT2D eigenvalue weighted by Crippen LogP contribution is -2.06. The van der Waals surface area contributed by atoms with Gasteiger partial charge in [0.2, 0.25) is 5.90 Å². The number of esters is 1. The predicted octanol–water partition coefficient (Wildman–Crippen LogP) is 5.83. The van der Waals surface area contributed by atoms with Gasteiger partial charge in [-0.3, -0.25) is 10.1 Å². The highest BCUT2D eigenvalue weighted by atomic mass is 35.5. The molecule has 0 unspecified atom stereocenters. The van der Waals surface area contributed by atoms with E-state index in [1.807, 2.05) is 18.2 Å². The van der Waals surface area contributed by atoms with Gasteiger partial charge >= 0.3 is 5.97 Å². The van der Waals surface area contributed by atoms with Gasteiger partial charge in [0.25, 0.3) is 5.69 Å². The second kappa shape index (κ2) is 9.21. The topological polar surface area (TPSA) is 91.0 Å². The number of carbonyl (C=O) groups is 1. The SMILES string of the molecule is O=C1OC(c2ccc(Cl)c([N+](=O)[O-])c2)=N/C1=C\c1ccc(OCc2ccccc2Cl)cc1. The number of carbonyl (C=O) groups excluding carboxylic acids is 1. The summed E-state index contributed by atoms with van der Waals surface area (Å²) >= 11 is 12.0. The molecule has 0 spiro atoms. The standard InChI is InChI=1S/C23H14Cl2N2O5/c24-18-4-2-1-3-16(18)13-31-17-8-5-14(6-9-17)11-20-23(28)32-22(26-20)15-7-10-19(25)21(12-15)27(29)30/h1-12H,13H2/b20-11-. The third-order valence-electron chi connectivity index (χ3n) is 4.55. The van der Waals surface area contributed by atoms with Crippen LogP contribution in [0.4, 0.5) is 5.69 Å². The molecule has 32 heavy (non-hydrogen) atoms. The van der Waals surface area contributed by atoms with Crippen LogP contribution in [-0.2, 0) is 16.1 Å². The molecule has 0 saturated carbocycles. The molecular formula is C23H14Cl2N2O5. The molecule has 0 amide bonds. The van der Waals surface area contributed by atoms with Crippen molar-refractivity contribution in [3.05, 3.63) is 109 Å². The molecule has 7 nitrogen and oxygen atoms in total. The van der Waals surface area contributed by atoms with Crippen molar-refractivity contribution in [1.29, 1.82) is 0 Å². The Morgan fingerprint density at radius 2 is 1.78 bits per heavy atom. The van der Waals surface area contributed by atoms with Gasteiger partial charge in [0, 0.05) is 22.2 Å². The van der Waals surface area contributed by atoms with E-state index >= 15 is 0 Å². The minimum atomic E-state index is -0.656. The first-order chi connectivity index (χ1) is 15.4. The van der Waals surface area contributed by atoms with E-state index in [1.54, 1.807) is 36.4 Å². The number of hydrogen-bond acceptors (Lipinski definition) is 6. The second-order valence-corrected chi connectivity index (χ2v) is 7.52. The van der Waals surface area contributed by atoms with E-state index in [9.17, 15) is 14.9 Å². The van der Waals surface area contributed by atoms with E-state index in [2.05, 4.69) is 4.99 Å². The van der Waals surface area contributed by atoms with Gasteiger partial charge in [-0.15, -0.1) is 0 Å². The summed E-state index contributed by atoms with van der Waals surface area (Å²) in [7, 11) is 0. The van der Waals surface area contributed by atoms with Gasteiger partial charge in [0.05, 0.1) is 4.92 Å². The van der Waals surface area contributed by atoms with Crippen molar-refractivity contribution in [3.8, 4) is 5.75 Å². The molecule has 0 fully saturated rings. The number of rotatable bonds is 6. The molecule has 0 saturated heterocycles. The van der Waals surface area contributed by atoms with E-state index in [1.165, 1.54) is 18.2 Å². The van der Waals surface area contributed by atoms with Crippen LogP contribution in [0.1, 0.15) is 16.7 Å². The molecule has 160 valence electrons. The number of nitro groups is 1. The maximum absolute atomic E-state index is 12.2.